The van der Waals surface area contributed by atoms with E-state index in [2.05, 4.69) is 12.1 Å². The predicted octanol–water partition coefficient (Wildman–Crippen LogP) is 1.72. The molecule has 1 aromatic rings. The van der Waals surface area contributed by atoms with E-state index in [1.165, 1.54) is 5.56 Å². The van der Waals surface area contributed by atoms with Crippen molar-refractivity contribution in [3.63, 3.8) is 0 Å². The molecule has 0 spiro atoms. The van der Waals surface area contributed by atoms with Crippen molar-refractivity contribution in [1.82, 2.24) is 14.7 Å². The second kappa shape index (κ2) is 7.94. The number of piperazine rings is 1. The fraction of sp³-hybridized carbons (Fsp3) is 0.591. The van der Waals surface area contributed by atoms with Gasteiger partial charge in [-0.05, 0) is 30.7 Å². The Morgan fingerprint density at radius 2 is 1.36 bits per heavy atom. The molecule has 0 aromatic heterocycles. The van der Waals surface area contributed by atoms with Crippen LogP contribution in [0.1, 0.15) is 37.7 Å². The van der Waals surface area contributed by atoms with Crippen LogP contribution in [0.5, 0.6) is 0 Å². The largest absolute Gasteiger partial charge is 0.343 e. The molecule has 6 heteroatoms. The SMILES string of the molecule is CC(=O)N1CCC(C(=O)N2CCN(C(=O)[C@@H]3C[C@H]3c3ccccc3)CC2)CC1. The Kier molecular flexibility index (Phi) is 5.38. The van der Waals surface area contributed by atoms with Crippen LogP contribution in [0.25, 0.3) is 0 Å². The zero-order chi connectivity index (χ0) is 19.7. The van der Waals surface area contributed by atoms with Crippen molar-refractivity contribution in [1.29, 1.82) is 0 Å². The molecule has 6 nitrogen and oxygen atoms in total. The first-order valence-corrected chi connectivity index (χ1v) is 10.4. The zero-order valence-electron chi connectivity index (χ0n) is 16.5. The third-order valence-corrected chi connectivity index (χ3v) is 6.53. The van der Waals surface area contributed by atoms with Crippen LogP contribution in [-0.4, -0.2) is 71.7 Å². The van der Waals surface area contributed by atoms with Gasteiger partial charge in [0.15, 0.2) is 0 Å². The minimum atomic E-state index is 0.0174. The first-order chi connectivity index (χ1) is 13.5. The molecule has 2 atom stereocenters. The van der Waals surface area contributed by atoms with Crippen molar-refractivity contribution in [2.45, 2.75) is 32.1 Å². The Hall–Kier alpha value is -2.37. The van der Waals surface area contributed by atoms with Gasteiger partial charge in [0, 0.05) is 58.0 Å². The highest BCUT2D eigenvalue weighted by Gasteiger charge is 2.46. The molecule has 0 unspecified atom stereocenters. The highest BCUT2D eigenvalue weighted by molar-refractivity contribution is 5.84. The van der Waals surface area contributed by atoms with Crippen LogP contribution in [0.2, 0.25) is 0 Å². The molecule has 1 saturated carbocycles. The fourth-order valence-corrected chi connectivity index (χ4v) is 4.62. The van der Waals surface area contributed by atoms with Crippen molar-refractivity contribution in [2.75, 3.05) is 39.3 Å². The third kappa shape index (κ3) is 3.91. The molecule has 0 radical (unpaired) electrons. The quantitative estimate of drug-likeness (QED) is 0.799. The molecule has 2 aliphatic heterocycles. The maximum absolute atomic E-state index is 12.8. The topological polar surface area (TPSA) is 60.9 Å². The van der Waals surface area contributed by atoms with E-state index in [0.29, 0.717) is 45.2 Å². The van der Waals surface area contributed by atoms with Crippen molar-refractivity contribution < 1.29 is 14.4 Å². The second-order valence-electron chi connectivity index (χ2n) is 8.29. The Bertz CT molecular complexity index is 735. The van der Waals surface area contributed by atoms with Crippen molar-refractivity contribution >= 4 is 17.7 Å². The summed E-state index contributed by atoms with van der Waals surface area (Å²) >= 11 is 0. The maximum Gasteiger partial charge on any atom is 0.226 e. The van der Waals surface area contributed by atoms with Gasteiger partial charge in [-0.15, -0.1) is 0 Å². The number of hydrogen-bond acceptors (Lipinski definition) is 3. The lowest BCUT2D eigenvalue weighted by Crippen LogP contribution is -2.53. The van der Waals surface area contributed by atoms with Gasteiger partial charge in [-0.3, -0.25) is 14.4 Å². The van der Waals surface area contributed by atoms with Crippen molar-refractivity contribution in [3.05, 3.63) is 35.9 Å². The zero-order valence-corrected chi connectivity index (χ0v) is 16.5. The molecule has 3 fully saturated rings. The van der Waals surface area contributed by atoms with Crippen LogP contribution in [0, 0.1) is 11.8 Å². The van der Waals surface area contributed by atoms with Crippen LogP contribution in [-0.2, 0) is 14.4 Å². The van der Waals surface area contributed by atoms with E-state index in [1.807, 2.05) is 32.9 Å². The van der Waals surface area contributed by atoms with Crippen molar-refractivity contribution in [2.24, 2.45) is 11.8 Å². The summed E-state index contributed by atoms with van der Waals surface area (Å²) in [7, 11) is 0. The molecule has 0 bridgehead atoms. The van der Waals surface area contributed by atoms with Gasteiger partial charge < -0.3 is 14.7 Å². The third-order valence-electron chi connectivity index (χ3n) is 6.53. The Balaban J connectivity index is 1.24. The first kappa shape index (κ1) is 19.0. The summed E-state index contributed by atoms with van der Waals surface area (Å²) in [5.74, 6) is 1.02. The molecular weight excluding hydrogens is 354 g/mol. The van der Waals surface area contributed by atoms with Crippen LogP contribution in [0.4, 0.5) is 0 Å². The molecule has 28 heavy (non-hydrogen) atoms. The minimum Gasteiger partial charge on any atom is -0.343 e. The van der Waals surface area contributed by atoms with E-state index < -0.39 is 0 Å². The molecule has 3 aliphatic rings. The van der Waals surface area contributed by atoms with Crippen LogP contribution < -0.4 is 0 Å². The number of carbonyl (C=O) groups is 3. The summed E-state index contributed by atoms with van der Waals surface area (Å²) in [6, 6.07) is 10.3. The van der Waals surface area contributed by atoms with E-state index >= 15 is 0 Å². The maximum atomic E-state index is 12.8. The highest BCUT2D eigenvalue weighted by Crippen LogP contribution is 2.48. The van der Waals surface area contributed by atoms with E-state index in [1.54, 1.807) is 6.92 Å². The number of hydrogen-bond donors (Lipinski definition) is 0. The lowest BCUT2D eigenvalue weighted by molar-refractivity contribution is -0.144. The minimum absolute atomic E-state index is 0.0174. The van der Waals surface area contributed by atoms with E-state index in [-0.39, 0.29) is 29.6 Å². The average Bonchev–Trinajstić information content (AvgIpc) is 3.54. The number of nitrogens with zero attached hydrogens (tertiary/aromatic N) is 3. The van der Waals surface area contributed by atoms with Gasteiger partial charge >= 0.3 is 0 Å². The molecule has 1 aliphatic carbocycles. The lowest BCUT2D eigenvalue weighted by Gasteiger charge is -2.38. The Morgan fingerprint density at radius 3 is 1.93 bits per heavy atom. The van der Waals surface area contributed by atoms with Gasteiger partial charge in [0.25, 0.3) is 0 Å². The smallest absolute Gasteiger partial charge is 0.226 e. The number of benzene rings is 1. The van der Waals surface area contributed by atoms with Crippen LogP contribution in [0.3, 0.4) is 0 Å². The summed E-state index contributed by atoms with van der Waals surface area (Å²) in [5.41, 5.74) is 1.26. The molecule has 1 aromatic carbocycles. The Labute approximate surface area is 166 Å². The van der Waals surface area contributed by atoms with Crippen LogP contribution >= 0.6 is 0 Å². The highest BCUT2D eigenvalue weighted by atomic mass is 16.2. The normalized spacial score (nSPS) is 25.5. The molecule has 4 rings (SSSR count). The lowest BCUT2D eigenvalue weighted by atomic mass is 9.95. The van der Waals surface area contributed by atoms with Gasteiger partial charge in [-0.2, -0.15) is 0 Å². The number of amides is 3. The molecule has 2 saturated heterocycles. The summed E-state index contributed by atoms with van der Waals surface area (Å²) < 4.78 is 0. The van der Waals surface area contributed by atoms with Gasteiger partial charge in [-0.25, -0.2) is 0 Å². The van der Waals surface area contributed by atoms with Crippen LogP contribution in [0.15, 0.2) is 30.3 Å². The van der Waals surface area contributed by atoms with Gasteiger partial charge in [0.1, 0.15) is 0 Å². The van der Waals surface area contributed by atoms with Crippen molar-refractivity contribution in [3.8, 4) is 0 Å². The molecule has 3 amide bonds. The van der Waals surface area contributed by atoms with E-state index in [4.69, 9.17) is 0 Å². The molecule has 150 valence electrons. The van der Waals surface area contributed by atoms with Gasteiger partial charge in [0.05, 0.1) is 0 Å². The summed E-state index contributed by atoms with van der Waals surface area (Å²) in [5, 5.41) is 0. The Morgan fingerprint density at radius 1 is 0.786 bits per heavy atom. The van der Waals surface area contributed by atoms with E-state index in [0.717, 1.165) is 19.3 Å². The summed E-state index contributed by atoms with van der Waals surface area (Å²) in [6.45, 7) is 5.45. The predicted molar refractivity (Wildman–Crippen MR) is 105 cm³/mol. The molecular formula is C22H29N3O3. The van der Waals surface area contributed by atoms with Gasteiger partial charge in [-0.1, -0.05) is 30.3 Å². The average molecular weight is 383 g/mol. The molecule has 0 N–H and O–H groups in total. The number of likely N-dealkylation sites (tertiary alicyclic amines) is 1. The summed E-state index contributed by atoms with van der Waals surface area (Å²) in [6.07, 6.45) is 2.44. The molecule has 2 heterocycles. The van der Waals surface area contributed by atoms with E-state index in [9.17, 15) is 14.4 Å². The standard InChI is InChI=1S/C22H29N3O3/c1-16(26)23-9-7-18(8-10-23)21(27)24-11-13-25(14-12-24)22(28)20-15-19(20)17-5-3-2-4-6-17/h2-6,18-20H,7-15H2,1H3/t19-,20+/m0/s1. The monoisotopic (exact) mass is 383 g/mol. The second-order valence-corrected chi connectivity index (χ2v) is 8.29. The number of rotatable bonds is 3. The summed E-state index contributed by atoms with van der Waals surface area (Å²) in [4.78, 5) is 42.7. The number of carbonyl (C=O) groups excluding carboxylic acids is 3. The number of piperidine rings is 1. The first-order valence-electron chi connectivity index (χ1n) is 10.4. The fourth-order valence-electron chi connectivity index (χ4n) is 4.62. The van der Waals surface area contributed by atoms with Gasteiger partial charge in [0.2, 0.25) is 17.7 Å².